The maximum atomic E-state index is 14.5. The Labute approximate surface area is 139 Å². The quantitative estimate of drug-likeness (QED) is 0.871. The lowest BCUT2D eigenvalue weighted by Crippen LogP contribution is -2.21. The van der Waals surface area contributed by atoms with Crippen LogP contribution in [0.4, 0.5) is 10.1 Å². The minimum atomic E-state index is -0.147. The lowest BCUT2D eigenvalue weighted by Gasteiger charge is -2.28. The Morgan fingerprint density at radius 3 is 2.83 bits per heavy atom. The maximum absolute atomic E-state index is 14.5. The Balaban J connectivity index is 1.72. The average molecular weight is 330 g/mol. The van der Waals surface area contributed by atoms with Crippen LogP contribution in [0.3, 0.4) is 0 Å². The van der Waals surface area contributed by atoms with Gasteiger partial charge in [-0.2, -0.15) is 0 Å². The zero-order chi connectivity index (χ0) is 16.0. The third-order valence-corrected chi connectivity index (χ3v) is 4.98. The van der Waals surface area contributed by atoms with Crippen molar-refractivity contribution in [2.24, 2.45) is 0 Å². The molecule has 0 atom stereocenters. The number of aliphatic hydroxyl groups is 1. The van der Waals surface area contributed by atoms with Crippen molar-refractivity contribution in [3.8, 4) is 0 Å². The molecule has 1 saturated carbocycles. The highest BCUT2D eigenvalue weighted by atomic mass is 35.5. The molecule has 0 radical (unpaired) electrons. The number of hydrogen-bond acceptors (Lipinski definition) is 2. The molecule has 1 aliphatic carbocycles. The van der Waals surface area contributed by atoms with Crippen LogP contribution in [0.5, 0.6) is 0 Å². The lowest BCUT2D eigenvalue weighted by atomic mass is 9.97. The van der Waals surface area contributed by atoms with E-state index in [1.54, 1.807) is 12.1 Å². The normalized spacial score (nSPS) is 16.6. The van der Waals surface area contributed by atoms with Crippen LogP contribution >= 0.6 is 11.6 Å². The summed E-state index contributed by atoms with van der Waals surface area (Å²) in [5.41, 5.74) is 4.24. The Hall–Kier alpha value is -1.84. The number of anilines is 1. The summed E-state index contributed by atoms with van der Waals surface area (Å²) in [6, 6.07) is 9.27. The summed E-state index contributed by atoms with van der Waals surface area (Å²) in [5, 5.41) is 10.1. The molecule has 1 heterocycles. The van der Waals surface area contributed by atoms with Crippen molar-refractivity contribution in [2.45, 2.75) is 31.9 Å². The molecule has 0 amide bonds. The number of nitrogens with zero attached hydrogens (tertiary/aromatic N) is 1. The van der Waals surface area contributed by atoms with Crippen LogP contribution in [0.2, 0.25) is 5.02 Å². The van der Waals surface area contributed by atoms with Gasteiger partial charge in [0, 0.05) is 28.0 Å². The minimum absolute atomic E-state index is 0.144. The first-order valence-electron chi connectivity index (χ1n) is 7.83. The molecule has 23 heavy (non-hydrogen) atoms. The van der Waals surface area contributed by atoms with Crippen LogP contribution in [0.15, 0.2) is 36.5 Å². The van der Waals surface area contributed by atoms with Crippen LogP contribution in [-0.4, -0.2) is 5.11 Å². The highest BCUT2D eigenvalue weighted by Crippen LogP contribution is 2.42. The third kappa shape index (κ3) is 2.64. The molecule has 1 aliphatic heterocycles. The second kappa shape index (κ2) is 5.66. The molecule has 1 fully saturated rings. The Kier molecular flexibility index (Phi) is 3.63. The summed E-state index contributed by atoms with van der Waals surface area (Å²) in [6.45, 7) is 0.297. The van der Waals surface area contributed by atoms with E-state index in [-0.39, 0.29) is 12.4 Å². The summed E-state index contributed by atoms with van der Waals surface area (Å²) in [4.78, 5) is 1.93. The smallest absolute Gasteiger partial charge is 0.129 e. The van der Waals surface area contributed by atoms with Crippen molar-refractivity contribution in [1.29, 1.82) is 0 Å². The maximum Gasteiger partial charge on any atom is 0.129 e. The number of benzene rings is 2. The van der Waals surface area contributed by atoms with Gasteiger partial charge >= 0.3 is 0 Å². The molecular formula is C19H17ClFNO. The van der Waals surface area contributed by atoms with E-state index in [2.05, 4.69) is 6.07 Å². The Morgan fingerprint density at radius 2 is 2.09 bits per heavy atom. The van der Waals surface area contributed by atoms with E-state index < -0.39 is 0 Å². The molecule has 1 N–H and O–H groups in total. The average Bonchev–Trinajstić information content (AvgIpc) is 3.39. The van der Waals surface area contributed by atoms with Crippen molar-refractivity contribution in [3.05, 3.63) is 69.6 Å². The van der Waals surface area contributed by atoms with Crippen LogP contribution in [0.25, 0.3) is 6.08 Å². The Morgan fingerprint density at radius 1 is 1.26 bits per heavy atom. The number of rotatable bonds is 3. The Bertz CT molecular complexity index is 798. The zero-order valence-corrected chi connectivity index (χ0v) is 13.4. The number of aliphatic hydroxyl groups excluding tert-OH is 1. The van der Waals surface area contributed by atoms with Gasteiger partial charge < -0.3 is 10.0 Å². The van der Waals surface area contributed by atoms with E-state index in [0.29, 0.717) is 28.6 Å². The van der Waals surface area contributed by atoms with Gasteiger partial charge in [0.05, 0.1) is 13.2 Å². The van der Waals surface area contributed by atoms with Gasteiger partial charge in [-0.15, -0.1) is 0 Å². The predicted molar refractivity (Wildman–Crippen MR) is 91.0 cm³/mol. The van der Waals surface area contributed by atoms with Gasteiger partial charge in [-0.3, -0.25) is 0 Å². The minimum Gasteiger partial charge on any atom is -0.392 e. The first-order valence-corrected chi connectivity index (χ1v) is 8.20. The largest absolute Gasteiger partial charge is 0.392 e. The second-order valence-electron chi connectivity index (χ2n) is 6.18. The molecule has 2 aliphatic rings. The van der Waals surface area contributed by atoms with E-state index in [1.807, 2.05) is 29.3 Å². The predicted octanol–water partition coefficient (Wildman–Crippen LogP) is 4.84. The van der Waals surface area contributed by atoms with Crippen LogP contribution < -0.4 is 4.90 Å². The fourth-order valence-electron chi connectivity index (χ4n) is 3.18. The van der Waals surface area contributed by atoms with Crippen LogP contribution in [-0.2, 0) is 13.2 Å². The monoisotopic (exact) mass is 329 g/mol. The molecule has 2 aromatic carbocycles. The van der Waals surface area contributed by atoms with Gasteiger partial charge in [0.25, 0.3) is 0 Å². The SMILES string of the molecule is OCc1c(Cl)cccc1N1C=Cc2cc(C3CC3)cc(F)c2C1. The first-order chi connectivity index (χ1) is 11.2. The van der Waals surface area contributed by atoms with E-state index >= 15 is 0 Å². The number of fused-ring (bicyclic) bond motifs is 1. The van der Waals surface area contributed by atoms with E-state index in [0.717, 1.165) is 29.7 Å². The molecular weight excluding hydrogens is 313 g/mol. The van der Waals surface area contributed by atoms with Crippen molar-refractivity contribution in [3.63, 3.8) is 0 Å². The van der Waals surface area contributed by atoms with E-state index in [9.17, 15) is 9.50 Å². The molecule has 2 aromatic rings. The van der Waals surface area contributed by atoms with Crippen LogP contribution in [0.1, 0.15) is 41.0 Å². The van der Waals surface area contributed by atoms with Gasteiger partial charge in [0.2, 0.25) is 0 Å². The summed E-state index contributed by atoms with van der Waals surface area (Å²) in [7, 11) is 0. The topological polar surface area (TPSA) is 23.5 Å². The number of halogens is 2. The summed E-state index contributed by atoms with van der Waals surface area (Å²) >= 11 is 6.16. The van der Waals surface area contributed by atoms with Crippen molar-refractivity contribution in [1.82, 2.24) is 0 Å². The van der Waals surface area contributed by atoms with Gasteiger partial charge in [-0.05, 0) is 54.2 Å². The fraction of sp³-hybridized carbons (Fsp3) is 0.263. The van der Waals surface area contributed by atoms with E-state index in [1.165, 1.54) is 0 Å². The van der Waals surface area contributed by atoms with Gasteiger partial charge in [0.15, 0.2) is 0 Å². The lowest BCUT2D eigenvalue weighted by molar-refractivity contribution is 0.282. The van der Waals surface area contributed by atoms with Crippen LogP contribution in [0, 0.1) is 5.82 Å². The standard InChI is InChI=1S/C19H17ClFNO/c20-17-2-1-3-19(16(17)11-23)22-7-6-13-8-14(12-4-5-12)9-18(21)15(13)10-22/h1-3,6-9,12,23H,4-5,10-11H2. The molecule has 4 rings (SSSR count). The molecule has 0 aromatic heterocycles. The van der Waals surface area contributed by atoms with E-state index in [4.69, 9.17) is 11.6 Å². The van der Waals surface area contributed by atoms with Gasteiger partial charge in [-0.1, -0.05) is 23.7 Å². The molecule has 0 spiro atoms. The molecule has 0 unspecified atom stereocenters. The molecule has 118 valence electrons. The zero-order valence-electron chi connectivity index (χ0n) is 12.6. The summed E-state index contributed by atoms with van der Waals surface area (Å²) in [6.07, 6.45) is 6.20. The molecule has 0 bridgehead atoms. The highest BCUT2D eigenvalue weighted by molar-refractivity contribution is 6.31. The van der Waals surface area contributed by atoms with Crippen molar-refractivity contribution < 1.29 is 9.50 Å². The third-order valence-electron chi connectivity index (χ3n) is 4.63. The summed E-state index contributed by atoms with van der Waals surface area (Å²) in [5.74, 6) is 0.390. The van der Waals surface area contributed by atoms with Crippen molar-refractivity contribution in [2.75, 3.05) is 4.90 Å². The molecule has 2 nitrogen and oxygen atoms in total. The summed E-state index contributed by atoms with van der Waals surface area (Å²) < 4.78 is 14.5. The fourth-order valence-corrected chi connectivity index (χ4v) is 3.41. The second-order valence-corrected chi connectivity index (χ2v) is 6.59. The first kappa shape index (κ1) is 14.7. The van der Waals surface area contributed by atoms with Crippen molar-refractivity contribution >= 4 is 23.4 Å². The molecule has 0 saturated heterocycles. The van der Waals surface area contributed by atoms with Gasteiger partial charge in [0.1, 0.15) is 5.82 Å². The highest BCUT2D eigenvalue weighted by Gasteiger charge is 2.26. The molecule has 4 heteroatoms. The van der Waals surface area contributed by atoms with Gasteiger partial charge in [-0.25, -0.2) is 4.39 Å². The number of hydrogen-bond donors (Lipinski definition) is 1.